The number of nitrogens with zero attached hydrogens (tertiary/aromatic N) is 1. The predicted octanol–water partition coefficient (Wildman–Crippen LogP) is 1.99. The van der Waals surface area contributed by atoms with Crippen LogP contribution < -0.4 is 15.2 Å². The highest BCUT2D eigenvalue weighted by atomic mass is 35.5. The Kier molecular flexibility index (Phi) is 3.74. The van der Waals surface area contributed by atoms with Crippen molar-refractivity contribution in [1.82, 2.24) is 5.16 Å². The van der Waals surface area contributed by atoms with Gasteiger partial charge in [0.25, 0.3) is 0 Å². The molecular formula is C12H13ClN2O3. The average Bonchev–Trinajstić information content (AvgIpc) is 2.87. The van der Waals surface area contributed by atoms with Gasteiger partial charge in [-0.3, -0.25) is 0 Å². The Morgan fingerprint density at radius 1 is 1.11 bits per heavy atom. The van der Waals surface area contributed by atoms with Gasteiger partial charge in [-0.2, -0.15) is 0 Å². The van der Waals surface area contributed by atoms with Gasteiger partial charge in [0.15, 0.2) is 17.3 Å². The zero-order valence-electron chi connectivity index (χ0n) is 9.59. The van der Waals surface area contributed by atoms with E-state index in [4.69, 9.17) is 19.7 Å². The van der Waals surface area contributed by atoms with Crippen molar-refractivity contribution in [3.8, 4) is 22.8 Å². The van der Waals surface area contributed by atoms with Gasteiger partial charge in [0, 0.05) is 18.2 Å². The molecule has 0 amide bonds. The normalized spacial score (nSPS) is 12.9. The first-order chi connectivity index (χ1) is 8.36. The summed E-state index contributed by atoms with van der Waals surface area (Å²) in [6.07, 6.45) is 0. The van der Waals surface area contributed by atoms with E-state index >= 15 is 0 Å². The van der Waals surface area contributed by atoms with Gasteiger partial charge < -0.3 is 19.7 Å². The summed E-state index contributed by atoms with van der Waals surface area (Å²) in [6.45, 7) is 1.53. The minimum absolute atomic E-state index is 0. The fraction of sp³-hybridized carbons (Fsp3) is 0.250. The van der Waals surface area contributed by atoms with Crippen molar-refractivity contribution in [1.29, 1.82) is 0 Å². The van der Waals surface area contributed by atoms with Crippen molar-refractivity contribution in [3.05, 3.63) is 30.0 Å². The highest BCUT2D eigenvalue weighted by Gasteiger charge is 2.14. The van der Waals surface area contributed by atoms with Gasteiger partial charge >= 0.3 is 0 Å². The maximum atomic E-state index is 5.51. The van der Waals surface area contributed by atoms with Crippen molar-refractivity contribution in [3.63, 3.8) is 0 Å². The second kappa shape index (κ2) is 5.29. The zero-order chi connectivity index (χ0) is 11.7. The van der Waals surface area contributed by atoms with Gasteiger partial charge in [0.2, 0.25) is 0 Å². The van der Waals surface area contributed by atoms with E-state index in [0.29, 0.717) is 25.5 Å². The third kappa shape index (κ3) is 2.27. The van der Waals surface area contributed by atoms with Gasteiger partial charge in [0.05, 0.1) is 5.69 Å². The largest absolute Gasteiger partial charge is 0.486 e. The van der Waals surface area contributed by atoms with Crippen LogP contribution in [-0.4, -0.2) is 18.4 Å². The molecule has 0 aliphatic carbocycles. The van der Waals surface area contributed by atoms with Crippen molar-refractivity contribution in [2.24, 2.45) is 5.73 Å². The number of halogens is 1. The molecule has 0 unspecified atom stereocenters. The summed E-state index contributed by atoms with van der Waals surface area (Å²) < 4.78 is 16.2. The molecular weight excluding hydrogens is 256 g/mol. The molecule has 0 fully saturated rings. The molecule has 5 nitrogen and oxygen atoms in total. The maximum absolute atomic E-state index is 5.51. The zero-order valence-corrected chi connectivity index (χ0v) is 10.4. The summed E-state index contributed by atoms with van der Waals surface area (Å²) in [4.78, 5) is 0. The highest BCUT2D eigenvalue weighted by molar-refractivity contribution is 5.85. The standard InChI is InChI=1S/C12H12N2O3.ClH/c13-7-9-6-11(17-14-9)8-1-2-10-12(5-8)16-4-3-15-10;/h1-2,5-6H,3-4,7,13H2;1H. The lowest BCUT2D eigenvalue weighted by Crippen LogP contribution is -2.15. The summed E-state index contributed by atoms with van der Waals surface area (Å²) in [5.41, 5.74) is 7.12. The molecule has 0 atom stereocenters. The van der Waals surface area contributed by atoms with Gasteiger partial charge in [-0.05, 0) is 18.2 Å². The van der Waals surface area contributed by atoms with Crippen LogP contribution in [0.25, 0.3) is 11.3 Å². The van der Waals surface area contributed by atoms with Gasteiger partial charge in [-0.25, -0.2) is 0 Å². The lowest BCUT2D eigenvalue weighted by molar-refractivity contribution is 0.171. The molecule has 1 aromatic carbocycles. The van der Waals surface area contributed by atoms with Crippen LogP contribution in [0.5, 0.6) is 11.5 Å². The maximum Gasteiger partial charge on any atom is 0.167 e. The van der Waals surface area contributed by atoms with Crippen LogP contribution in [0.2, 0.25) is 0 Å². The summed E-state index contributed by atoms with van der Waals surface area (Å²) in [6, 6.07) is 7.49. The molecule has 96 valence electrons. The minimum Gasteiger partial charge on any atom is -0.486 e. The second-order valence-corrected chi connectivity index (χ2v) is 3.75. The van der Waals surface area contributed by atoms with E-state index in [1.165, 1.54) is 0 Å². The molecule has 18 heavy (non-hydrogen) atoms. The molecule has 2 aromatic rings. The Labute approximate surface area is 110 Å². The molecule has 0 saturated carbocycles. The van der Waals surface area contributed by atoms with E-state index in [1.807, 2.05) is 24.3 Å². The summed E-state index contributed by atoms with van der Waals surface area (Å²) in [5, 5.41) is 3.85. The minimum atomic E-state index is 0. The molecule has 2 heterocycles. The number of hydrogen-bond donors (Lipinski definition) is 1. The van der Waals surface area contributed by atoms with Crippen LogP contribution in [-0.2, 0) is 6.54 Å². The van der Waals surface area contributed by atoms with Crippen LogP contribution in [0.3, 0.4) is 0 Å². The third-order valence-electron chi connectivity index (χ3n) is 2.59. The number of fused-ring (bicyclic) bond motifs is 1. The Morgan fingerprint density at radius 2 is 1.89 bits per heavy atom. The lowest BCUT2D eigenvalue weighted by atomic mass is 10.1. The Balaban J connectivity index is 0.00000120. The number of aromatic nitrogens is 1. The number of benzene rings is 1. The first-order valence-corrected chi connectivity index (χ1v) is 5.42. The monoisotopic (exact) mass is 268 g/mol. The predicted molar refractivity (Wildman–Crippen MR) is 68.1 cm³/mol. The topological polar surface area (TPSA) is 70.5 Å². The smallest absolute Gasteiger partial charge is 0.167 e. The van der Waals surface area contributed by atoms with E-state index in [-0.39, 0.29) is 12.4 Å². The van der Waals surface area contributed by atoms with Crippen LogP contribution in [0.15, 0.2) is 28.8 Å². The second-order valence-electron chi connectivity index (χ2n) is 3.75. The molecule has 2 N–H and O–H groups in total. The van der Waals surface area contributed by atoms with Gasteiger partial charge in [-0.15, -0.1) is 12.4 Å². The van der Waals surface area contributed by atoms with E-state index in [9.17, 15) is 0 Å². The fourth-order valence-corrected chi connectivity index (χ4v) is 1.74. The third-order valence-corrected chi connectivity index (χ3v) is 2.59. The van der Waals surface area contributed by atoms with E-state index in [0.717, 1.165) is 22.8 Å². The Bertz CT molecular complexity index is 542. The number of hydrogen-bond acceptors (Lipinski definition) is 5. The first-order valence-electron chi connectivity index (χ1n) is 5.42. The average molecular weight is 269 g/mol. The Morgan fingerprint density at radius 3 is 2.61 bits per heavy atom. The number of nitrogens with two attached hydrogens (primary N) is 1. The lowest BCUT2D eigenvalue weighted by Gasteiger charge is -2.18. The molecule has 3 rings (SSSR count). The molecule has 0 bridgehead atoms. The van der Waals surface area contributed by atoms with Crippen LogP contribution in [0, 0.1) is 0 Å². The van der Waals surface area contributed by atoms with Crippen molar-refractivity contribution >= 4 is 12.4 Å². The molecule has 6 heteroatoms. The molecule has 0 saturated heterocycles. The van der Waals surface area contributed by atoms with Gasteiger partial charge in [0.1, 0.15) is 13.2 Å². The molecule has 1 aliphatic rings. The number of rotatable bonds is 2. The van der Waals surface area contributed by atoms with Crippen LogP contribution >= 0.6 is 12.4 Å². The van der Waals surface area contributed by atoms with E-state index in [2.05, 4.69) is 5.16 Å². The van der Waals surface area contributed by atoms with E-state index in [1.54, 1.807) is 0 Å². The van der Waals surface area contributed by atoms with Crippen LogP contribution in [0.1, 0.15) is 5.69 Å². The highest BCUT2D eigenvalue weighted by Crippen LogP contribution is 2.34. The summed E-state index contributed by atoms with van der Waals surface area (Å²) in [5.74, 6) is 2.18. The van der Waals surface area contributed by atoms with Crippen molar-refractivity contribution < 1.29 is 14.0 Å². The van der Waals surface area contributed by atoms with Crippen LogP contribution in [0.4, 0.5) is 0 Å². The van der Waals surface area contributed by atoms with Crippen molar-refractivity contribution in [2.75, 3.05) is 13.2 Å². The van der Waals surface area contributed by atoms with Crippen molar-refractivity contribution in [2.45, 2.75) is 6.54 Å². The Hall–Kier alpha value is -1.72. The van der Waals surface area contributed by atoms with Gasteiger partial charge in [-0.1, -0.05) is 5.16 Å². The first kappa shape index (κ1) is 12.7. The SMILES string of the molecule is Cl.NCc1cc(-c2ccc3c(c2)OCCO3)on1. The molecule has 1 aliphatic heterocycles. The molecule has 1 aromatic heterocycles. The fourth-order valence-electron chi connectivity index (χ4n) is 1.74. The molecule has 0 radical (unpaired) electrons. The summed E-state index contributed by atoms with van der Waals surface area (Å²) >= 11 is 0. The van der Waals surface area contributed by atoms with E-state index < -0.39 is 0 Å². The number of ether oxygens (including phenoxy) is 2. The molecule has 0 spiro atoms. The quantitative estimate of drug-likeness (QED) is 0.902. The summed E-state index contributed by atoms with van der Waals surface area (Å²) in [7, 11) is 0.